The Morgan fingerprint density at radius 1 is 1.63 bits per heavy atom. The third kappa shape index (κ3) is 3.26. The molecule has 0 bridgehead atoms. The van der Waals surface area contributed by atoms with E-state index in [9.17, 15) is 4.79 Å². The maximum Gasteiger partial charge on any atom is 0.226 e. The van der Waals surface area contributed by atoms with E-state index in [0.29, 0.717) is 10.9 Å². The normalized spacial score (nSPS) is 12.3. The topological polar surface area (TPSA) is 68.9 Å². The molecule has 4 nitrogen and oxygen atoms in total. The number of nitrogens with zero attached hydrogens (tertiary/aromatic N) is 2. The minimum Gasteiger partial charge on any atom is -0.369 e. The first-order valence-electron chi connectivity index (χ1n) is 5.48. The maximum absolute atomic E-state index is 11.5. The molecule has 2 aromatic heterocycles. The van der Waals surface area contributed by atoms with Gasteiger partial charge in [-0.15, -0.1) is 11.3 Å². The average Bonchev–Trinajstić information content (AvgIpc) is 2.78. The molecule has 1 amide bonds. The fourth-order valence-electron chi connectivity index (χ4n) is 1.59. The molecule has 1 unspecified atom stereocenters. The predicted molar refractivity (Wildman–Crippen MR) is 80.7 cm³/mol. The number of carbonyl (C=O) groups is 1. The Morgan fingerprint density at radius 2 is 2.42 bits per heavy atom. The first-order valence-corrected chi connectivity index (χ1v) is 8.07. The molecule has 0 aliphatic rings. The zero-order chi connectivity index (χ0) is 13.8. The van der Waals surface area contributed by atoms with Crippen molar-refractivity contribution in [1.82, 2.24) is 9.97 Å². The summed E-state index contributed by atoms with van der Waals surface area (Å²) in [6.07, 6.45) is 5.33. The molecule has 0 radical (unpaired) electrons. The minimum atomic E-state index is -0.398. The highest BCUT2D eigenvalue weighted by atomic mass is 35.5. The Hall–Kier alpha value is -1.11. The van der Waals surface area contributed by atoms with Gasteiger partial charge in [0.15, 0.2) is 0 Å². The number of pyridine rings is 1. The van der Waals surface area contributed by atoms with E-state index in [1.54, 1.807) is 24.2 Å². The molecular weight excluding hydrogens is 302 g/mol. The van der Waals surface area contributed by atoms with Gasteiger partial charge in [-0.2, -0.15) is 11.8 Å². The summed E-state index contributed by atoms with van der Waals surface area (Å²) in [4.78, 5) is 20.6. The number of nitrogens with two attached hydrogens (primary N) is 1. The van der Waals surface area contributed by atoms with E-state index in [4.69, 9.17) is 17.3 Å². The summed E-state index contributed by atoms with van der Waals surface area (Å²) in [5.41, 5.74) is 6.31. The lowest BCUT2D eigenvalue weighted by Gasteiger charge is -2.09. The quantitative estimate of drug-likeness (QED) is 0.921. The van der Waals surface area contributed by atoms with Gasteiger partial charge in [0.2, 0.25) is 5.91 Å². The molecule has 7 heteroatoms. The highest BCUT2D eigenvalue weighted by Crippen LogP contribution is 2.36. The van der Waals surface area contributed by atoms with Crippen LogP contribution >= 0.6 is 34.7 Å². The fraction of sp³-hybridized carbons (Fsp3) is 0.250. The van der Waals surface area contributed by atoms with Crippen LogP contribution in [-0.2, 0) is 4.79 Å². The van der Waals surface area contributed by atoms with Crippen molar-refractivity contribution < 1.29 is 4.79 Å². The lowest BCUT2D eigenvalue weighted by Crippen LogP contribution is -2.22. The van der Waals surface area contributed by atoms with Crippen LogP contribution in [0.2, 0.25) is 5.15 Å². The summed E-state index contributed by atoms with van der Waals surface area (Å²) in [5.74, 6) is -0.174. The van der Waals surface area contributed by atoms with Gasteiger partial charge in [-0.05, 0) is 18.4 Å². The van der Waals surface area contributed by atoms with Gasteiger partial charge in [-0.25, -0.2) is 4.98 Å². The van der Waals surface area contributed by atoms with Crippen molar-refractivity contribution >= 4 is 40.6 Å². The van der Waals surface area contributed by atoms with Crippen LogP contribution < -0.4 is 5.73 Å². The van der Waals surface area contributed by atoms with E-state index >= 15 is 0 Å². The van der Waals surface area contributed by atoms with Crippen molar-refractivity contribution in [3.05, 3.63) is 34.6 Å². The summed E-state index contributed by atoms with van der Waals surface area (Å²) < 4.78 is 0. The molecule has 0 saturated carbocycles. The molecule has 1 atom stereocenters. The molecule has 0 spiro atoms. The van der Waals surface area contributed by atoms with E-state index in [0.717, 1.165) is 15.4 Å². The molecule has 0 aromatic carbocycles. The molecule has 2 N–H and O–H groups in total. The first kappa shape index (κ1) is 14.3. The molecule has 2 rings (SSSR count). The SMILES string of the molecule is CSCC(C(N)=O)c1sc(-c2cccnc2)nc1Cl. The second kappa shape index (κ2) is 6.36. The summed E-state index contributed by atoms with van der Waals surface area (Å²) in [6.45, 7) is 0. The second-order valence-electron chi connectivity index (χ2n) is 3.83. The second-order valence-corrected chi connectivity index (χ2v) is 6.13. The van der Waals surface area contributed by atoms with E-state index in [2.05, 4.69) is 9.97 Å². The van der Waals surface area contributed by atoms with Gasteiger partial charge >= 0.3 is 0 Å². The average molecular weight is 314 g/mol. The van der Waals surface area contributed by atoms with Crippen molar-refractivity contribution in [3.63, 3.8) is 0 Å². The number of thioether (sulfide) groups is 1. The van der Waals surface area contributed by atoms with E-state index in [-0.39, 0.29) is 5.91 Å². The van der Waals surface area contributed by atoms with Crippen LogP contribution in [0.5, 0.6) is 0 Å². The molecule has 0 aliphatic carbocycles. The van der Waals surface area contributed by atoms with Gasteiger partial charge in [-0.1, -0.05) is 11.6 Å². The molecule has 2 aromatic rings. The summed E-state index contributed by atoms with van der Waals surface area (Å²) in [5, 5.41) is 1.10. The molecule has 19 heavy (non-hydrogen) atoms. The van der Waals surface area contributed by atoms with Crippen molar-refractivity contribution in [3.8, 4) is 10.6 Å². The zero-order valence-electron chi connectivity index (χ0n) is 10.2. The summed E-state index contributed by atoms with van der Waals surface area (Å²) in [7, 11) is 0. The Labute approximate surface area is 124 Å². The third-order valence-electron chi connectivity index (χ3n) is 2.51. The van der Waals surface area contributed by atoms with Crippen molar-refractivity contribution in [2.45, 2.75) is 5.92 Å². The zero-order valence-corrected chi connectivity index (χ0v) is 12.6. The van der Waals surface area contributed by atoms with Gasteiger partial charge in [-0.3, -0.25) is 9.78 Å². The third-order valence-corrected chi connectivity index (χ3v) is 4.80. The lowest BCUT2D eigenvalue weighted by molar-refractivity contribution is -0.118. The predicted octanol–water partition coefficient (Wildman–Crippen LogP) is 2.79. The number of halogens is 1. The smallest absolute Gasteiger partial charge is 0.226 e. The van der Waals surface area contributed by atoms with E-state index in [1.807, 2.05) is 18.4 Å². The van der Waals surface area contributed by atoms with Gasteiger partial charge in [0, 0.05) is 23.7 Å². The molecule has 2 heterocycles. The minimum absolute atomic E-state index is 0.349. The van der Waals surface area contributed by atoms with Crippen LogP contribution in [-0.4, -0.2) is 27.9 Å². The first-order chi connectivity index (χ1) is 9.13. The van der Waals surface area contributed by atoms with Crippen LogP contribution in [0.3, 0.4) is 0 Å². The Balaban J connectivity index is 2.38. The molecule has 0 saturated heterocycles. The highest BCUT2D eigenvalue weighted by Gasteiger charge is 2.24. The van der Waals surface area contributed by atoms with Crippen LogP contribution in [0.1, 0.15) is 10.8 Å². The standard InChI is InChI=1S/C12H12ClN3OS2/c1-18-6-8(11(14)17)9-10(13)16-12(19-9)7-3-2-4-15-5-7/h2-5,8H,6H2,1H3,(H2,14,17). The van der Waals surface area contributed by atoms with Gasteiger partial charge in [0.05, 0.1) is 10.8 Å². The number of hydrogen-bond acceptors (Lipinski definition) is 5. The number of amides is 1. The number of hydrogen-bond donors (Lipinski definition) is 1. The number of thiazole rings is 1. The molecule has 0 fully saturated rings. The van der Waals surface area contributed by atoms with Gasteiger partial charge in [0.25, 0.3) is 0 Å². The fourth-order valence-corrected chi connectivity index (χ4v) is 3.80. The van der Waals surface area contributed by atoms with Crippen molar-refractivity contribution in [2.75, 3.05) is 12.0 Å². The number of aromatic nitrogens is 2. The van der Waals surface area contributed by atoms with Crippen LogP contribution in [0.15, 0.2) is 24.5 Å². The number of carbonyl (C=O) groups excluding carboxylic acids is 1. The maximum atomic E-state index is 11.5. The number of primary amides is 1. The van der Waals surface area contributed by atoms with Crippen LogP contribution in [0, 0.1) is 0 Å². The monoisotopic (exact) mass is 313 g/mol. The molecular formula is C12H12ClN3OS2. The largest absolute Gasteiger partial charge is 0.369 e. The molecule has 100 valence electrons. The number of rotatable bonds is 5. The highest BCUT2D eigenvalue weighted by molar-refractivity contribution is 7.98. The summed E-state index contributed by atoms with van der Waals surface area (Å²) in [6, 6.07) is 3.73. The Bertz CT molecular complexity index is 574. The van der Waals surface area contributed by atoms with Crippen LogP contribution in [0.25, 0.3) is 10.6 Å². The van der Waals surface area contributed by atoms with E-state index < -0.39 is 5.92 Å². The van der Waals surface area contributed by atoms with Crippen LogP contribution in [0.4, 0.5) is 0 Å². The Kier molecular flexibility index (Phi) is 4.79. The summed E-state index contributed by atoms with van der Waals surface area (Å²) >= 11 is 9.08. The molecule has 0 aliphatic heterocycles. The van der Waals surface area contributed by atoms with E-state index in [1.165, 1.54) is 11.3 Å². The van der Waals surface area contributed by atoms with Gasteiger partial charge < -0.3 is 5.73 Å². The van der Waals surface area contributed by atoms with Crippen molar-refractivity contribution in [1.29, 1.82) is 0 Å². The van der Waals surface area contributed by atoms with Crippen molar-refractivity contribution in [2.24, 2.45) is 5.73 Å². The van der Waals surface area contributed by atoms with Gasteiger partial charge in [0.1, 0.15) is 10.2 Å². The lowest BCUT2D eigenvalue weighted by atomic mass is 10.1. The Morgan fingerprint density at radius 3 is 3.00 bits per heavy atom.